The van der Waals surface area contributed by atoms with Crippen molar-refractivity contribution in [2.24, 2.45) is 5.92 Å². The topological polar surface area (TPSA) is 58.2 Å². The average Bonchev–Trinajstić information content (AvgIpc) is 3.37. The first-order chi connectivity index (χ1) is 13.5. The molecule has 1 aliphatic heterocycles. The van der Waals surface area contributed by atoms with Crippen LogP contribution >= 0.6 is 0 Å². The van der Waals surface area contributed by atoms with E-state index >= 15 is 0 Å². The smallest absolute Gasteiger partial charge is 0.237 e. The Morgan fingerprint density at radius 1 is 1.25 bits per heavy atom. The third-order valence-corrected chi connectivity index (χ3v) is 6.78. The summed E-state index contributed by atoms with van der Waals surface area (Å²) in [5, 5.41) is 6.48. The lowest BCUT2D eigenvalue weighted by Gasteiger charge is -2.17. The van der Waals surface area contributed by atoms with Crippen molar-refractivity contribution in [3.05, 3.63) is 34.9 Å². The van der Waals surface area contributed by atoms with Crippen molar-refractivity contribution in [3.8, 4) is 0 Å². The third kappa shape index (κ3) is 5.22. The zero-order chi connectivity index (χ0) is 20.1. The van der Waals surface area contributed by atoms with E-state index in [9.17, 15) is 9.59 Å². The van der Waals surface area contributed by atoms with Gasteiger partial charge in [-0.05, 0) is 81.4 Å². The highest BCUT2D eigenvalue weighted by atomic mass is 16.2. The lowest BCUT2D eigenvalue weighted by atomic mass is 9.91. The molecule has 1 amide bonds. The lowest BCUT2D eigenvalue weighted by Crippen LogP contribution is -2.44. The Bertz CT molecular complexity index is 694. The molecule has 2 fully saturated rings. The molecular weight excluding hydrogens is 348 g/mol. The molecule has 154 valence electrons. The quantitative estimate of drug-likeness (QED) is 0.649. The zero-order valence-electron chi connectivity index (χ0n) is 17.7. The molecule has 1 saturated carbocycles. The van der Waals surface area contributed by atoms with Gasteiger partial charge >= 0.3 is 0 Å². The van der Waals surface area contributed by atoms with Crippen molar-refractivity contribution >= 4 is 11.7 Å². The Hall–Kier alpha value is -1.68. The predicted octanol–water partition coefficient (Wildman–Crippen LogP) is 4.51. The molecule has 0 bridgehead atoms. The van der Waals surface area contributed by atoms with Gasteiger partial charge in [-0.2, -0.15) is 0 Å². The highest BCUT2D eigenvalue weighted by Crippen LogP contribution is 2.30. The number of aryl methyl sites for hydroxylation is 1. The molecular formula is C24H36N2O2. The van der Waals surface area contributed by atoms with E-state index in [0.29, 0.717) is 18.3 Å². The predicted molar refractivity (Wildman–Crippen MR) is 114 cm³/mol. The highest BCUT2D eigenvalue weighted by Gasteiger charge is 2.29. The monoisotopic (exact) mass is 384 g/mol. The first-order valence-corrected chi connectivity index (χ1v) is 11.2. The summed E-state index contributed by atoms with van der Waals surface area (Å²) >= 11 is 0. The van der Waals surface area contributed by atoms with E-state index in [1.807, 2.05) is 6.07 Å². The highest BCUT2D eigenvalue weighted by molar-refractivity contribution is 5.97. The van der Waals surface area contributed by atoms with E-state index in [1.165, 1.54) is 5.56 Å². The first-order valence-electron chi connectivity index (χ1n) is 11.2. The van der Waals surface area contributed by atoms with Crippen molar-refractivity contribution in [2.75, 3.05) is 6.54 Å². The van der Waals surface area contributed by atoms with E-state index in [4.69, 9.17) is 0 Å². The molecule has 4 atom stereocenters. The summed E-state index contributed by atoms with van der Waals surface area (Å²) in [5.74, 6) is 1.51. The maximum atomic E-state index is 12.7. The Morgan fingerprint density at radius 2 is 2.07 bits per heavy atom. The molecule has 4 heteroatoms. The second-order valence-electron chi connectivity index (χ2n) is 8.88. The van der Waals surface area contributed by atoms with Crippen LogP contribution in [0.4, 0.5) is 0 Å². The van der Waals surface area contributed by atoms with Crippen LogP contribution in [0.25, 0.3) is 0 Å². The number of benzene rings is 1. The van der Waals surface area contributed by atoms with Crippen LogP contribution in [0.15, 0.2) is 18.2 Å². The van der Waals surface area contributed by atoms with E-state index < -0.39 is 0 Å². The van der Waals surface area contributed by atoms with E-state index in [0.717, 1.165) is 62.6 Å². The summed E-state index contributed by atoms with van der Waals surface area (Å²) in [5.41, 5.74) is 3.30. The number of Topliss-reactive ketones (excluding diaryl/α,β-unsaturated/α-hetero) is 1. The molecule has 1 aromatic carbocycles. The fourth-order valence-electron chi connectivity index (χ4n) is 4.69. The minimum atomic E-state index is 0.00185. The molecule has 0 aromatic heterocycles. The minimum Gasteiger partial charge on any atom is -0.352 e. The maximum Gasteiger partial charge on any atom is 0.237 e. The summed E-state index contributed by atoms with van der Waals surface area (Å²) in [6.07, 6.45) is 7.86. The molecule has 1 saturated heterocycles. The second-order valence-corrected chi connectivity index (χ2v) is 8.88. The van der Waals surface area contributed by atoms with Gasteiger partial charge in [0.1, 0.15) is 0 Å². The van der Waals surface area contributed by atoms with E-state index in [1.54, 1.807) is 0 Å². The van der Waals surface area contributed by atoms with Gasteiger partial charge in [-0.25, -0.2) is 0 Å². The van der Waals surface area contributed by atoms with Gasteiger partial charge in [-0.15, -0.1) is 0 Å². The van der Waals surface area contributed by atoms with Crippen LogP contribution in [-0.4, -0.2) is 30.3 Å². The van der Waals surface area contributed by atoms with Crippen LogP contribution in [0.1, 0.15) is 92.6 Å². The zero-order valence-corrected chi connectivity index (χ0v) is 17.7. The molecule has 4 unspecified atom stereocenters. The molecule has 28 heavy (non-hydrogen) atoms. The summed E-state index contributed by atoms with van der Waals surface area (Å²) in [7, 11) is 0. The Balaban J connectivity index is 1.45. The average molecular weight is 385 g/mol. The standard InChI is InChI=1S/C24H36N2O2/c1-4-16(2)19-9-11-21(17(3)14-19)23(27)12-8-18-7-10-20(15-18)26-24(28)22-6-5-13-25-22/h9,11,14,16,18,20,22,25H,4-8,10,12-13,15H2,1-3H3,(H,26,28). The number of carbonyl (C=O) groups is 2. The molecule has 0 radical (unpaired) electrons. The van der Waals surface area contributed by atoms with Crippen LogP contribution in [0.3, 0.4) is 0 Å². The van der Waals surface area contributed by atoms with Crippen molar-refractivity contribution in [1.82, 2.24) is 10.6 Å². The Labute approximate surface area is 169 Å². The minimum absolute atomic E-state index is 0.00185. The third-order valence-electron chi connectivity index (χ3n) is 6.78. The summed E-state index contributed by atoms with van der Waals surface area (Å²) in [4.78, 5) is 25.0. The van der Waals surface area contributed by atoms with Gasteiger partial charge in [0.25, 0.3) is 0 Å². The Morgan fingerprint density at radius 3 is 2.75 bits per heavy atom. The van der Waals surface area contributed by atoms with Crippen molar-refractivity contribution in [1.29, 1.82) is 0 Å². The molecule has 4 nitrogen and oxygen atoms in total. The van der Waals surface area contributed by atoms with Gasteiger partial charge in [0, 0.05) is 18.0 Å². The largest absolute Gasteiger partial charge is 0.352 e. The van der Waals surface area contributed by atoms with Gasteiger partial charge < -0.3 is 10.6 Å². The number of rotatable bonds is 8. The number of carbonyl (C=O) groups excluding carboxylic acids is 2. The van der Waals surface area contributed by atoms with Gasteiger partial charge in [0.05, 0.1) is 6.04 Å². The van der Waals surface area contributed by atoms with Gasteiger partial charge in [0.2, 0.25) is 5.91 Å². The van der Waals surface area contributed by atoms with Crippen molar-refractivity contribution in [2.45, 2.75) is 90.1 Å². The molecule has 2 aliphatic rings. The van der Waals surface area contributed by atoms with Gasteiger partial charge in [-0.1, -0.05) is 32.0 Å². The first kappa shape index (κ1) is 21.0. The van der Waals surface area contributed by atoms with Gasteiger partial charge in [-0.3, -0.25) is 9.59 Å². The van der Waals surface area contributed by atoms with Crippen LogP contribution in [0, 0.1) is 12.8 Å². The van der Waals surface area contributed by atoms with Crippen LogP contribution in [0.2, 0.25) is 0 Å². The number of amides is 1. The van der Waals surface area contributed by atoms with Crippen LogP contribution in [0.5, 0.6) is 0 Å². The van der Waals surface area contributed by atoms with Crippen molar-refractivity contribution < 1.29 is 9.59 Å². The number of ketones is 1. The Kier molecular flexibility index (Phi) is 7.28. The normalized spacial score (nSPS) is 25.6. The summed E-state index contributed by atoms with van der Waals surface area (Å²) in [6.45, 7) is 7.43. The van der Waals surface area contributed by atoms with Gasteiger partial charge in [0.15, 0.2) is 5.78 Å². The summed E-state index contributed by atoms with van der Waals surface area (Å²) in [6, 6.07) is 6.60. The number of hydrogen-bond acceptors (Lipinski definition) is 3. The fraction of sp³-hybridized carbons (Fsp3) is 0.667. The number of nitrogens with one attached hydrogen (secondary N) is 2. The SMILES string of the molecule is CCC(C)c1ccc(C(=O)CCC2CCC(NC(=O)C3CCCN3)C2)c(C)c1. The van der Waals surface area contributed by atoms with Crippen LogP contribution in [-0.2, 0) is 4.79 Å². The molecule has 1 aromatic rings. The second kappa shape index (κ2) is 9.69. The summed E-state index contributed by atoms with van der Waals surface area (Å²) < 4.78 is 0. The molecule has 2 N–H and O–H groups in total. The fourth-order valence-corrected chi connectivity index (χ4v) is 4.69. The lowest BCUT2D eigenvalue weighted by molar-refractivity contribution is -0.123. The maximum absolute atomic E-state index is 12.7. The van der Waals surface area contributed by atoms with Crippen LogP contribution < -0.4 is 10.6 Å². The molecule has 1 aliphatic carbocycles. The van der Waals surface area contributed by atoms with Crippen molar-refractivity contribution in [3.63, 3.8) is 0 Å². The molecule has 0 spiro atoms. The van der Waals surface area contributed by atoms with E-state index in [-0.39, 0.29) is 23.8 Å². The van der Waals surface area contributed by atoms with E-state index in [2.05, 4.69) is 43.5 Å². The molecule has 3 rings (SSSR count). The number of hydrogen-bond donors (Lipinski definition) is 2. The molecule has 1 heterocycles.